The predicted octanol–water partition coefficient (Wildman–Crippen LogP) is 4.36. The molecule has 0 radical (unpaired) electrons. The Bertz CT molecular complexity index is 963. The summed E-state index contributed by atoms with van der Waals surface area (Å²) in [5.74, 6) is 0.112. The van der Waals surface area contributed by atoms with E-state index in [4.69, 9.17) is 25.8 Å². The van der Waals surface area contributed by atoms with Crippen LogP contribution in [0.1, 0.15) is 5.56 Å². The minimum Gasteiger partial charge on any atom is -0.504 e. The fourth-order valence-corrected chi connectivity index (χ4v) is 3.06. The van der Waals surface area contributed by atoms with Gasteiger partial charge >= 0.3 is 5.97 Å². The van der Waals surface area contributed by atoms with Crippen LogP contribution in [0.3, 0.4) is 0 Å². The number of methoxy groups -OCH3 is 2. The lowest BCUT2D eigenvalue weighted by Crippen LogP contribution is -2.13. The molecule has 0 bridgehead atoms. The number of hydrogen-bond acceptors (Lipinski definition) is 5. The van der Waals surface area contributed by atoms with Gasteiger partial charge in [0, 0.05) is 17.0 Å². The fourth-order valence-electron chi connectivity index (χ4n) is 2.80. The van der Waals surface area contributed by atoms with Crippen molar-refractivity contribution >= 4 is 28.3 Å². The van der Waals surface area contributed by atoms with Gasteiger partial charge in [0.05, 0.1) is 25.7 Å². The summed E-state index contributed by atoms with van der Waals surface area (Å²) < 4.78 is 15.9. The first-order valence-corrected chi connectivity index (χ1v) is 8.23. The Morgan fingerprint density at radius 2 is 1.73 bits per heavy atom. The number of ether oxygens (including phenoxy) is 3. The maximum absolute atomic E-state index is 12.5. The summed E-state index contributed by atoms with van der Waals surface area (Å²) in [5, 5.41) is 11.9. The molecule has 0 spiro atoms. The van der Waals surface area contributed by atoms with Crippen LogP contribution in [0.15, 0.2) is 48.5 Å². The number of rotatable bonds is 5. The van der Waals surface area contributed by atoms with Crippen molar-refractivity contribution in [2.45, 2.75) is 6.42 Å². The topological polar surface area (TPSA) is 65.0 Å². The van der Waals surface area contributed by atoms with E-state index in [0.717, 1.165) is 10.8 Å². The van der Waals surface area contributed by atoms with Crippen molar-refractivity contribution < 1.29 is 24.1 Å². The lowest BCUT2D eigenvalue weighted by molar-refractivity contribution is -0.133. The van der Waals surface area contributed by atoms with Gasteiger partial charge in [0.15, 0.2) is 11.5 Å². The number of hydrogen-bond donors (Lipinski definition) is 1. The maximum atomic E-state index is 12.5. The Balaban J connectivity index is 1.91. The lowest BCUT2D eigenvalue weighted by atomic mass is 10.1. The SMILES string of the molecule is COc1c(O)cc(Cl)c(CC(=O)Oc2cccc3ccccc23)c1OC. The van der Waals surface area contributed by atoms with Crippen LogP contribution < -0.4 is 14.2 Å². The molecule has 0 aromatic heterocycles. The zero-order chi connectivity index (χ0) is 18.7. The van der Waals surface area contributed by atoms with Crippen LogP contribution in [0.2, 0.25) is 5.02 Å². The van der Waals surface area contributed by atoms with E-state index in [2.05, 4.69) is 0 Å². The third-order valence-electron chi connectivity index (χ3n) is 3.97. The molecule has 0 fully saturated rings. The number of esters is 1. The minimum absolute atomic E-state index is 0.116. The molecule has 0 saturated heterocycles. The van der Waals surface area contributed by atoms with Gasteiger partial charge in [0.2, 0.25) is 5.75 Å². The van der Waals surface area contributed by atoms with Crippen LogP contribution in [-0.4, -0.2) is 25.3 Å². The second kappa shape index (κ2) is 7.54. The van der Waals surface area contributed by atoms with E-state index in [9.17, 15) is 9.90 Å². The molecule has 5 nitrogen and oxygen atoms in total. The van der Waals surface area contributed by atoms with Crippen LogP contribution in [-0.2, 0) is 11.2 Å². The number of carbonyl (C=O) groups is 1. The Kier molecular flexibility index (Phi) is 5.19. The van der Waals surface area contributed by atoms with Gasteiger partial charge in [-0.1, -0.05) is 48.0 Å². The van der Waals surface area contributed by atoms with Crippen LogP contribution in [0.25, 0.3) is 10.8 Å². The summed E-state index contributed by atoms with van der Waals surface area (Å²) in [7, 11) is 2.80. The summed E-state index contributed by atoms with van der Waals surface area (Å²) in [6, 6.07) is 14.4. The van der Waals surface area contributed by atoms with Gasteiger partial charge in [-0.3, -0.25) is 4.79 Å². The Morgan fingerprint density at radius 1 is 1.04 bits per heavy atom. The molecule has 0 atom stereocenters. The van der Waals surface area contributed by atoms with Gasteiger partial charge in [-0.2, -0.15) is 0 Å². The molecule has 3 rings (SSSR count). The molecule has 0 aliphatic heterocycles. The summed E-state index contributed by atoms with van der Waals surface area (Å²) >= 11 is 6.18. The lowest BCUT2D eigenvalue weighted by Gasteiger charge is -2.15. The molecule has 1 N–H and O–H groups in total. The number of phenolic OH excluding ortho intramolecular Hbond substituents is 1. The molecule has 0 aliphatic rings. The summed E-state index contributed by atoms with van der Waals surface area (Å²) in [6.07, 6.45) is -0.137. The fraction of sp³-hybridized carbons (Fsp3) is 0.150. The van der Waals surface area contributed by atoms with Crippen LogP contribution in [0, 0.1) is 0 Å². The number of aromatic hydroxyl groups is 1. The number of carbonyl (C=O) groups excluding carboxylic acids is 1. The first kappa shape index (κ1) is 17.9. The molecular formula is C20H17ClO5. The summed E-state index contributed by atoms with van der Waals surface area (Å²) in [4.78, 5) is 12.5. The average molecular weight is 373 g/mol. The van der Waals surface area contributed by atoms with Crippen molar-refractivity contribution in [1.29, 1.82) is 0 Å². The molecule has 3 aromatic rings. The highest BCUT2D eigenvalue weighted by Gasteiger charge is 2.22. The van der Waals surface area contributed by atoms with E-state index in [0.29, 0.717) is 11.3 Å². The van der Waals surface area contributed by atoms with E-state index in [-0.39, 0.29) is 28.7 Å². The van der Waals surface area contributed by atoms with E-state index < -0.39 is 5.97 Å². The summed E-state index contributed by atoms with van der Waals surface area (Å²) in [6.45, 7) is 0. The van der Waals surface area contributed by atoms with Crippen molar-refractivity contribution in [2.75, 3.05) is 14.2 Å². The van der Waals surface area contributed by atoms with E-state index >= 15 is 0 Å². The second-order valence-electron chi connectivity index (χ2n) is 5.55. The van der Waals surface area contributed by atoms with Crippen molar-refractivity contribution in [3.05, 3.63) is 59.1 Å². The monoisotopic (exact) mass is 372 g/mol. The smallest absolute Gasteiger partial charge is 0.315 e. The van der Waals surface area contributed by atoms with Gasteiger partial charge < -0.3 is 19.3 Å². The summed E-state index contributed by atoms with van der Waals surface area (Å²) in [5.41, 5.74) is 0.383. The molecule has 134 valence electrons. The van der Waals surface area contributed by atoms with Gasteiger partial charge in [0.1, 0.15) is 5.75 Å². The second-order valence-corrected chi connectivity index (χ2v) is 5.96. The standard InChI is InChI=1S/C20H17ClO5/c1-24-19-14(15(21)11-16(22)20(19)25-2)10-18(23)26-17-9-5-7-12-6-3-4-8-13(12)17/h3-9,11,22H,10H2,1-2H3. The van der Waals surface area contributed by atoms with Crippen LogP contribution >= 0.6 is 11.6 Å². The minimum atomic E-state index is -0.505. The molecule has 0 heterocycles. The third-order valence-corrected chi connectivity index (χ3v) is 4.30. The van der Waals surface area contributed by atoms with Crippen molar-refractivity contribution in [3.8, 4) is 23.0 Å². The molecular weight excluding hydrogens is 356 g/mol. The van der Waals surface area contributed by atoms with Gasteiger partial charge in [0.25, 0.3) is 0 Å². The van der Waals surface area contributed by atoms with E-state index in [1.807, 2.05) is 36.4 Å². The molecule has 6 heteroatoms. The first-order chi connectivity index (χ1) is 12.5. The number of phenols is 1. The zero-order valence-corrected chi connectivity index (χ0v) is 15.0. The number of fused-ring (bicyclic) bond motifs is 1. The van der Waals surface area contributed by atoms with E-state index in [1.165, 1.54) is 20.3 Å². The van der Waals surface area contributed by atoms with Gasteiger partial charge in [-0.25, -0.2) is 0 Å². The highest BCUT2D eigenvalue weighted by Crippen LogP contribution is 2.43. The van der Waals surface area contributed by atoms with Crippen LogP contribution in [0.4, 0.5) is 0 Å². The first-order valence-electron chi connectivity index (χ1n) is 7.86. The largest absolute Gasteiger partial charge is 0.504 e. The Hall–Kier alpha value is -2.92. The third kappa shape index (κ3) is 3.39. The zero-order valence-electron chi connectivity index (χ0n) is 14.3. The molecule has 0 unspecified atom stereocenters. The maximum Gasteiger partial charge on any atom is 0.315 e. The Labute approximate surface area is 155 Å². The molecule has 26 heavy (non-hydrogen) atoms. The van der Waals surface area contributed by atoms with Gasteiger partial charge in [-0.05, 0) is 11.5 Å². The van der Waals surface area contributed by atoms with Crippen molar-refractivity contribution in [3.63, 3.8) is 0 Å². The highest BCUT2D eigenvalue weighted by molar-refractivity contribution is 6.32. The number of halogens is 1. The van der Waals surface area contributed by atoms with Crippen LogP contribution in [0.5, 0.6) is 23.0 Å². The molecule has 0 amide bonds. The Morgan fingerprint density at radius 3 is 2.46 bits per heavy atom. The average Bonchev–Trinajstić information content (AvgIpc) is 2.64. The quantitative estimate of drug-likeness (QED) is 0.532. The van der Waals surface area contributed by atoms with Crippen molar-refractivity contribution in [1.82, 2.24) is 0 Å². The van der Waals surface area contributed by atoms with Gasteiger partial charge in [-0.15, -0.1) is 0 Å². The predicted molar refractivity (Wildman–Crippen MR) is 99.5 cm³/mol. The van der Waals surface area contributed by atoms with E-state index in [1.54, 1.807) is 6.07 Å². The highest BCUT2D eigenvalue weighted by atomic mass is 35.5. The molecule has 3 aromatic carbocycles. The normalized spacial score (nSPS) is 10.6. The molecule has 0 saturated carbocycles. The number of benzene rings is 3. The molecule has 0 aliphatic carbocycles. The van der Waals surface area contributed by atoms with Crippen molar-refractivity contribution in [2.24, 2.45) is 0 Å².